The zero-order valence-corrected chi connectivity index (χ0v) is 13.5. The van der Waals surface area contributed by atoms with Gasteiger partial charge in [0.1, 0.15) is 0 Å². The minimum atomic E-state index is 0.487. The third kappa shape index (κ3) is 5.81. The first kappa shape index (κ1) is 16.3. The summed E-state index contributed by atoms with van der Waals surface area (Å²) >= 11 is 6.37. The fourth-order valence-corrected chi connectivity index (χ4v) is 2.11. The Bertz CT molecular complexity index is 391. The molecule has 19 heavy (non-hydrogen) atoms. The van der Waals surface area contributed by atoms with Gasteiger partial charge in [-0.25, -0.2) is 0 Å². The number of hydrogen-bond donors (Lipinski definition) is 1. The Morgan fingerprint density at radius 3 is 2.37 bits per heavy atom. The largest absolute Gasteiger partial charge is 0.372 e. The van der Waals surface area contributed by atoms with E-state index in [2.05, 4.69) is 68.3 Å². The van der Waals surface area contributed by atoms with Crippen molar-refractivity contribution in [3.05, 3.63) is 28.8 Å². The van der Waals surface area contributed by atoms with Crippen LogP contribution in [0.4, 0.5) is 5.69 Å². The highest BCUT2D eigenvalue weighted by Crippen LogP contribution is 2.26. The molecule has 0 radical (unpaired) electrons. The summed E-state index contributed by atoms with van der Waals surface area (Å²) in [7, 11) is 6.24. The zero-order valence-electron chi connectivity index (χ0n) is 12.7. The minimum Gasteiger partial charge on any atom is -0.372 e. The van der Waals surface area contributed by atoms with Crippen molar-refractivity contribution in [2.45, 2.75) is 26.4 Å². The van der Waals surface area contributed by atoms with Crippen molar-refractivity contribution >= 4 is 17.3 Å². The molecule has 0 heterocycles. The maximum Gasteiger partial charge on any atom is 0.0642 e. The van der Waals surface area contributed by atoms with Crippen LogP contribution in [0.1, 0.15) is 19.4 Å². The number of nitrogens with one attached hydrogen (secondary N) is 1. The lowest BCUT2D eigenvalue weighted by atomic mass is 10.2. The molecular weight excluding hydrogens is 258 g/mol. The van der Waals surface area contributed by atoms with Gasteiger partial charge in [-0.2, -0.15) is 0 Å². The molecule has 0 aromatic heterocycles. The molecule has 0 unspecified atom stereocenters. The van der Waals surface area contributed by atoms with Crippen LogP contribution in [0.25, 0.3) is 0 Å². The van der Waals surface area contributed by atoms with Gasteiger partial charge in [0, 0.05) is 32.7 Å². The second-order valence-corrected chi connectivity index (χ2v) is 5.95. The number of rotatable bonds is 7. The molecule has 0 fully saturated rings. The standard InChI is InChI=1S/C15H26ClN3/c1-12(2)17-11-13-6-7-15(14(16)10-13)19(5)9-8-18(3)4/h6-7,10,12,17H,8-9,11H2,1-5H3. The Hall–Kier alpha value is -0.770. The Morgan fingerprint density at radius 1 is 1.16 bits per heavy atom. The second kappa shape index (κ2) is 7.73. The molecule has 1 aromatic rings. The van der Waals surface area contributed by atoms with Gasteiger partial charge >= 0.3 is 0 Å². The molecule has 0 spiro atoms. The molecule has 4 heteroatoms. The van der Waals surface area contributed by atoms with Crippen molar-refractivity contribution < 1.29 is 0 Å². The van der Waals surface area contributed by atoms with Gasteiger partial charge in [0.2, 0.25) is 0 Å². The maximum absolute atomic E-state index is 6.37. The molecule has 0 bridgehead atoms. The lowest BCUT2D eigenvalue weighted by molar-refractivity contribution is 0.416. The first-order chi connectivity index (χ1) is 8.90. The molecule has 0 saturated carbocycles. The number of nitrogens with zero attached hydrogens (tertiary/aromatic N) is 2. The number of hydrogen-bond acceptors (Lipinski definition) is 3. The molecule has 0 aliphatic rings. The molecular formula is C15H26ClN3. The van der Waals surface area contributed by atoms with Crippen molar-refractivity contribution in [3.8, 4) is 0 Å². The van der Waals surface area contributed by atoms with Gasteiger partial charge in [0.25, 0.3) is 0 Å². The van der Waals surface area contributed by atoms with Gasteiger partial charge in [0.05, 0.1) is 10.7 Å². The number of halogens is 1. The third-order valence-electron chi connectivity index (χ3n) is 3.02. The number of anilines is 1. The van der Waals surface area contributed by atoms with Gasteiger partial charge in [0.15, 0.2) is 0 Å². The molecule has 0 atom stereocenters. The first-order valence-electron chi connectivity index (χ1n) is 6.78. The lowest BCUT2D eigenvalue weighted by Crippen LogP contribution is -2.28. The summed E-state index contributed by atoms with van der Waals surface area (Å²) in [5.41, 5.74) is 2.32. The normalized spacial score (nSPS) is 11.4. The van der Waals surface area contributed by atoms with E-state index in [1.54, 1.807) is 0 Å². The van der Waals surface area contributed by atoms with Crippen molar-refractivity contribution in [2.24, 2.45) is 0 Å². The minimum absolute atomic E-state index is 0.487. The van der Waals surface area contributed by atoms with E-state index < -0.39 is 0 Å². The molecule has 1 aromatic carbocycles. The molecule has 0 amide bonds. The SMILES string of the molecule is CC(C)NCc1ccc(N(C)CCN(C)C)c(Cl)c1. The van der Waals surface area contributed by atoms with Crippen LogP contribution in [0.5, 0.6) is 0 Å². The summed E-state index contributed by atoms with van der Waals surface area (Å²) in [6, 6.07) is 6.79. The summed E-state index contributed by atoms with van der Waals surface area (Å²) < 4.78 is 0. The number of benzene rings is 1. The summed E-state index contributed by atoms with van der Waals surface area (Å²) in [6.45, 7) is 7.13. The van der Waals surface area contributed by atoms with Crippen LogP contribution in [-0.2, 0) is 6.54 Å². The summed E-state index contributed by atoms with van der Waals surface area (Å²) in [5, 5.41) is 4.22. The lowest BCUT2D eigenvalue weighted by Gasteiger charge is -2.23. The average molecular weight is 284 g/mol. The highest BCUT2D eigenvalue weighted by molar-refractivity contribution is 6.33. The average Bonchev–Trinajstić information content (AvgIpc) is 2.33. The fraction of sp³-hybridized carbons (Fsp3) is 0.600. The maximum atomic E-state index is 6.37. The molecule has 3 nitrogen and oxygen atoms in total. The predicted octanol–water partition coefficient (Wildman–Crippen LogP) is 2.84. The molecule has 0 aliphatic carbocycles. The van der Waals surface area contributed by atoms with Gasteiger partial charge in [-0.1, -0.05) is 31.5 Å². The Morgan fingerprint density at radius 2 is 1.84 bits per heavy atom. The van der Waals surface area contributed by atoms with E-state index in [1.807, 2.05) is 0 Å². The Kier molecular flexibility index (Phi) is 6.63. The van der Waals surface area contributed by atoms with Gasteiger partial charge in [-0.15, -0.1) is 0 Å². The summed E-state index contributed by atoms with van der Waals surface area (Å²) in [6.07, 6.45) is 0. The zero-order chi connectivity index (χ0) is 14.4. The van der Waals surface area contributed by atoms with E-state index in [0.717, 1.165) is 30.3 Å². The van der Waals surface area contributed by atoms with Crippen LogP contribution in [0.2, 0.25) is 5.02 Å². The highest BCUT2D eigenvalue weighted by Gasteiger charge is 2.07. The van der Waals surface area contributed by atoms with E-state index in [1.165, 1.54) is 5.56 Å². The van der Waals surface area contributed by atoms with Gasteiger partial charge in [-0.3, -0.25) is 0 Å². The predicted molar refractivity (Wildman–Crippen MR) is 85.3 cm³/mol. The highest BCUT2D eigenvalue weighted by atomic mass is 35.5. The summed E-state index contributed by atoms with van der Waals surface area (Å²) in [4.78, 5) is 4.37. The van der Waals surface area contributed by atoms with Crippen molar-refractivity contribution in [1.82, 2.24) is 10.2 Å². The van der Waals surface area contributed by atoms with Crippen molar-refractivity contribution in [1.29, 1.82) is 0 Å². The summed E-state index contributed by atoms with van der Waals surface area (Å²) in [5.74, 6) is 0. The number of likely N-dealkylation sites (N-methyl/N-ethyl adjacent to an activating group) is 2. The second-order valence-electron chi connectivity index (χ2n) is 5.55. The molecule has 1 rings (SSSR count). The Labute approximate surface area is 122 Å². The molecule has 1 N–H and O–H groups in total. The van der Waals surface area contributed by atoms with E-state index in [-0.39, 0.29) is 0 Å². The molecule has 0 saturated heterocycles. The third-order valence-corrected chi connectivity index (χ3v) is 3.32. The van der Waals surface area contributed by atoms with Crippen LogP contribution in [-0.4, -0.2) is 45.2 Å². The molecule has 108 valence electrons. The fourth-order valence-electron chi connectivity index (χ4n) is 1.76. The topological polar surface area (TPSA) is 18.5 Å². The van der Waals surface area contributed by atoms with Crippen LogP contribution in [0.15, 0.2) is 18.2 Å². The van der Waals surface area contributed by atoms with Crippen LogP contribution < -0.4 is 10.2 Å². The smallest absolute Gasteiger partial charge is 0.0642 e. The first-order valence-corrected chi connectivity index (χ1v) is 7.15. The van der Waals surface area contributed by atoms with Crippen LogP contribution in [0.3, 0.4) is 0 Å². The van der Waals surface area contributed by atoms with Crippen molar-refractivity contribution in [3.63, 3.8) is 0 Å². The monoisotopic (exact) mass is 283 g/mol. The van der Waals surface area contributed by atoms with E-state index in [9.17, 15) is 0 Å². The van der Waals surface area contributed by atoms with E-state index in [0.29, 0.717) is 6.04 Å². The van der Waals surface area contributed by atoms with Crippen LogP contribution >= 0.6 is 11.6 Å². The van der Waals surface area contributed by atoms with E-state index >= 15 is 0 Å². The van der Waals surface area contributed by atoms with Gasteiger partial charge in [-0.05, 0) is 31.8 Å². The van der Waals surface area contributed by atoms with Crippen molar-refractivity contribution in [2.75, 3.05) is 39.1 Å². The quantitative estimate of drug-likeness (QED) is 0.830. The van der Waals surface area contributed by atoms with Crippen LogP contribution in [0, 0.1) is 0 Å². The Balaban J connectivity index is 2.65. The molecule has 0 aliphatic heterocycles. The van der Waals surface area contributed by atoms with E-state index in [4.69, 9.17) is 11.6 Å². The van der Waals surface area contributed by atoms with Gasteiger partial charge < -0.3 is 15.1 Å².